The van der Waals surface area contributed by atoms with Crippen LogP contribution in [0.2, 0.25) is 0 Å². The highest BCUT2D eigenvalue weighted by molar-refractivity contribution is 6.06. The van der Waals surface area contributed by atoms with Crippen LogP contribution in [0.25, 0.3) is 0 Å². The van der Waals surface area contributed by atoms with Gasteiger partial charge in [0.1, 0.15) is 12.4 Å². The first-order valence-electron chi connectivity index (χ1n) is 13.0. The van der Waals surface area contributed by atoms with Crippen LogP contribution in [0.15, 0.2) is 36.5 Å². The zero-order chi connectivity index (χ0) is 24.7. The van der Waals surface area contributed by atoms with Crippen molar-refractivity contribution >= 4 is 29.4 Å². The number of aromatic nitrogens is 1. The molecule has 1 aromatic carbocycles. The number of nitrogens with zero attached hydrogens (tertiary/aromatic N) is 3. The third kappa shape index (κ3) is 4.01. The molecule has 9 heteroatoms. The molecule has 1 aromatic heterocycles. The second kappa shape index (κ2) is 9.20. The van der Waals surface area contributed by atoms with Crippen molar-refractivity contribution in [3.8, 4) is 0 Å². The lowest BCUT2D eigenvalue weighted by atomic mass is 9.79. The first kappa shape index (κ1) is 23.0. The fourth-order valence-electron chi connectivity index (χ4n) is 6.24. The Morgan fingerprint density at radius 3 is 2.78 bits per heavy atom. The Morgan fingerprint density at radius 2 is 1.97 bits per heavy atom. The van der Waals surface area contributed by atoms with E-state index in [1.165, 1.54) is 0 Å². The Morgan fingerprint density at radius 1 is 1.14 bits per heavy atom. The van der Waals surface area contributed by atoms with Gasteiger partial charge in [-0.15, -0.1) is 0 Å². The van der Waals surface area contributed by atoms with E-state index in [2.05, 4.69) is 20.9 Å². The van der Waals surface area contributed by atoms with E-state index in [9.17, 15) is 14.4 Å². The third-order valence-corrected chi connectivity index (χ3v) is 8.11. The van der Waals surface area contributed by atoms with Crippen LogP contribution in [-0.2, 0) is 27.8 Å². The zero-order valence-corrected chi connectivity index (χ0v) is 20.4. The summed E-state index contributed by atoms with van der Waals surface area (Å²) in [5.41, 5.74) is 3.16. The van der Waals surface area contributed by atoms with E-state index in [1.807, 2.05) is 35.2 Å². The van der Waals surface area contributed by atoms with E-state index in [0.717, 1.165) is 62.0 Å². The molecule has 1 aliphatic carbocycles. The molecule has 0 radical (unpaired) electrons. The highest BCUT2D eigenvalue weighted by Gasteiger charge is 2.51. The van der Waals surface area contributed by atoms with Crippen molar-refractivity contribution in [2.45, 2.75) is 50.0 Å². The monoisotopic (exact) mass is 488 g/mol. The van der Waals surface area contributed by atoms with Gasteiger partial charge in [-0.3, -0.25) is 9.59 Å². The number of anilines is 2. The van der Waals surface area contributed by atoms with Crippen LogP contribution in [0.5, 0.6) is 0 Å². The summed E-state index contributed by atoms with van der Waals surface area (Å²) >= 11 is 0. The lowest BCUT2D eigenvalue weighted by Gasteiger charge is -2.36. The van der Waals surface area contributed by atoms with Crippen LogP contribution in [0.1, 0.15) is 42.4 Å². The zero-order valence-electron chi connectivity index (χ0n) is 20.4. The van der Waals surface area contributed by atoms with E-state index < -0.39 is 5.41 Å². The smallest absolute Gasteiger partial charge is 0.320 e. The average molecular weight is 489 g/mol. The van der Waals surface area contributed by atoms with Crippen LogP contribution < -0.4 is 16.0 Å². The van der Waals surface area contributed by atoms with Gasteiger partial charge in [0.25, 0.3) is 0 Å². The van der Waals surface area contributed by atoms with Crippen molar-refractivity contribution in [3.05, 3.63) is 53.2 Å². The second-order valence-electron chi connectivity index (χ2n) is 10.4. The number of hydrogen-bond donors (Lipinski definition) is 3. The van der Waals surface area contributed by atoms with Gasteiger partial charge in [-0.1, -0.05) is 12.1 Å². The van der Waals surface area contributed by atoms with E-state index >= 15 is 0 Å². The Bertz CT molecular complexity index is 1200. The standard InChI is InChI=1S/C27H32N6O3/c34-23(17-33(21-5-3-9-28-16-21)26(36)32-11-1-2-12-32)30-20-8-7-18-14-27(15-19(18)13-20)22-6-4-10-29-24(22)31-25(27)35/h4,6-8,10,13,21,28H,1-3,5,9,11-12,14-17H2,(H,30,34)(H,29,31,35)/t21-,27+/m0/s1. The van der Waals surface area contributed by atoms with E-state index in [4.69, 9.17) is 0 Å². The maximum absolute atomic E-state index is 13.3. The van der Waals surface area contributed by atoms with Crippen LogP contribution in [0, 0.1) is 0 Å². The number of fused-ring (bicyclic) bond motifs is 3. The van der Waals surface area contributed by atoms with Gasteiger partial charge in [-0.25, -0.2) is 9.78 Å². The van der Waals surface area contributed by atoms with Crippen LogP contribution >= 0.6 is 0 Å². The van der Waals surface area contributed by atoms with Gasteiger partial charge in [0.15, 0.2) is 0 Å². The predicted molar refractivity (Wildman–Crippen MR) is 136 cm³/mol. The van der Waals surface area contributed by atoms with Gasteiger partial charge in [0.05, 0.1) is 5.41 Å². The van der Waals surface area contributed by atoms with Gasteiger partial charge >= 0.3 is 6.03 Å². The summed E-state index contributed by atoms with van der Waals surface area (Å²) in [5.74, 6) is 0.424. The van der Waals surface area contributed by atoms with Crippen molar-refractivity contribution in [1.82, 2.24) is 20.1 Å². The van der Waals surface area contributed by atoms with Crippen molar-refractivity contribution in [1.29, 1.82) is 0 Å². The minimum atomic E-state index is -0.637. The summed E-state index contributed by atoms with van der Waals surface area (Å²) in [6.07, 6.45) is 6.81. The van der Waals surface area contributed by atoms with Crippen molar-refractivity contribution in [2.24, 2.45) is 0 Å². The number of amides is 4. The molecular weight excluding hydrogens is 456 g/mol. The summed E-state index contributed by atoms with van der Waals surface area (Å²) in [4.78, 5) is 47.3. The normalized spacial score (nSPS) is 24.4. The molecule has 2 fully saturated rings. The number of benzene rings is 1. The summed E-state index contributed by atoms with van der Waals surface area (Å²) in [6.45, 7) is 3.21. The predicted octanol–water partition coefficient (Wildman–Crippen LogP) is 2.28. The summed E-state index contributed by atoms with van der Waals surface area (Å²) in [7, 11) is 0. The van der Waals surface area contributed by atoms with Crippen LogP contribution in [0.4, 0.5) is 16.3 Å². The van der Waals surface area contributed by atoms with Crippen LogP contribution in [-0.4, -0.2) is 71.4 Å². The van der Waals surface area contributed by atoms with Crippen molar-refractivity contribution < 1.29 is 14.4 Å². The highest BCUT2D eigenvalue weighted by atomic mass is 16.2. The molecule has 2 saturated heterocycles. The highest BCUT2D eigenvalue weighted by Crippen LogP contribution is 2.46. The van der Waals surface area contributed by atoms with E-state index in [0.29, 0.717) is 30.9 Å². The fourth-order valence-corrected chi connectivity index (χ4v) is 6.24. The number of urea groups is 1. The summed E-state index contributed by atoms with van der Waals surface area (Å²) < 4.78 is 0. The van der Waals surface area contributed by atoms with Gasteiger partial charge in [0, 0.05) is 43.1 Å². The molecule has 3 aliphatic heterocycles. The fraction of sp³-hybridized carbons (Fsp3) is 0.481. The lowest BCUT2D eigenvalue weighted by molar-refractivity contribution is -0.120. The number of piperidine rings is 1. The lowest BCUT2D eigenvalue weighted by Crippen LogP contribution is -2.54. The number of rotatable bonds is 4. The molecule has 188 valence electrons. The number of nitrogens with one attached hydrogen (secondary N) is 3. The number of hydrogen-bond acceptors (Lipinski definition) is 5. The number of carbonyl (C=O) groups is 3. The topological polar surface area (TPSA) is 107 Å². The Balaban J connectivity index is 1.17. The maximum Gasteiger partial charge on any atom is 0.320 e. The average Bonchev–Trinajstić information content (AvgIpc) is 3.62. The van der Waals surface area contributed by atoms with Gasteiger partial charge in [-0.05, 0) is 74.4 Å². The van der Waals surface area contributed by atoms with E-state index in [1.54, 1.807) is 11.1 Å². The number of likely N-dealkylation sites (tertiary alicyclic amines) is 1. The number of carbonyl (C=O) groups excluding carboxylic acids is 3. The first-order chi connectivity index (χ1) is 17.5. The van der Waals surface area contributed by atoms with Gasteiger partial charge in [-0.2, -0.15) is 0 Å². The molecule has 4 amide bonds. The second-order valence-corrected chi connectivity index (χ2v) is 10.4. The maximum atomic E-state index is 13.3. The molecule has 4 aliphatic rings. The minimum absolute atomic E-state index is 0.0184. The summed E-state index contributed by atoms with van der Waals surface area (Å²) in [5, 5.41) is 9.31. The number of pyridine rings is 1. The molecule has 2 atom stereocenters. The molecule has 0 saturated carbocycles. The molecule has 2 aromatic rings. The molecule has 4 heterocycles. The minimum Gasteiger partial charge on any atom is -0.325 e. The summed E-state index contributed by atoms with van der Waals surface area (Å²) in [6, 6.07) is 9.69. The molecular formula is C27H32N6O3. The first-order valence-corrected chi connectivity index (χ1v) is 13.0. The molecule has 1 spiro atoms. The molecule has 0 unspecified atom stereocenters. The molecule has 0 bridgehead atoms. The SMILES string of the molecule is O=C(CN(C(=O)N1CCCC1)[C@H]1CCCNC1)Nc1ccc2c(c1)C[C@@]1(C2)C(=O)Nc2ncccc21. The largest absolute Gasteiger partial charge is 0.325 e. The van der Waals surface area contributed by atoms with Gasteiger partial charge < -0.3 is 25.8 Å². The van der Waals surface area contributed by atoms with E-state index in [-0.39, 0.29) is 30.4 Å². The van der Waals surface area contributed by atoms with Crippen molar-refractivity contribution in [3.63, 3.8) is 0 Å². The third-order valence-electron chi connectivity index (χ3n) is 8.11. The quantitative estimate of drug-likeness (QED) is 0.612. The van der Waals surface area contributed by atoms with Crippen LogP contribution in [0.3, 0.4) is 0 Å². The Labute approximate surface area is 210 Å². The Kier molecular flexibility index (Phi) is 5.87. The molecule has 36 heavy (non-hydrogen) atoms. The molecule has 9 nitrogen and oxygen atoms in total. The Hall–Kier alpha value is -3.46. The van der Waals surface area contributed by atoms with Gasteiger partial charge in [0.2, 0.25) is 11.8 Å². The van der Waals surface area contributed by atoms with Crippen molar-refractivity contribution in [2.75, 3.05) is 43.4 Å². The molecule has 3 N–H and O–H groups in total. The molecule has 6 rings (SSSR count).